The van der Waals surface area contributed by atoms with Crippen LogP contribution in [-0.2, 0) is 9.59 Å². The normalized spacial score (nSPS) is 20.8. The fraction of sp³-hybridized carbons (Fsp3) is 0.867. The predicted octanol–water partition coefficient (Wildman–Crippen LogP) is 1.27. The molecule has 2 fully saturated rings. The molecule has 0 aromatic carbocycles. The van der Waals surface area contributed by atoms with Gasteiger partial charge in [0.05, 0.1) is 6.54 Å². The van der Waals surface area contributed by atoms with Crippen molar-refractivity contribution in [3.63, 3.8) is 0 Å². The lowest BCUT2D eigenvalue weighted by molar-refractivity contribution is -0.146. The Morgan fingerprint density at radius 1 is 1.19 bits per heavy atom. The van der Waals surface area contributed by atoms with Gasteiger partial charge in [0.25, 0.3) is 0 Å². The molecule has 122 valence electrons. The molecule has 0 spiro atoms. The second-order valence-electron chi connectivity index (χ2n) is 6.13. The molecule has 1 aliphatic carbocycles. The summed E-state index contributed by atoms with van der Waals surface area (Å²) in [6, 6.07) is 0. The van der Waals surface area contributed by atoms with Crippen molar-refractivity contribution in [1.29, 1.82) is 0 Å². The molecule has 1 saturated heterocycles. The van der Waals surface area contributed by atoms with Crippen LogP contribution in [-0.4, -0.2) is 61.4 Å². The van der Waals surface area contributed by atoms with Crippen LogP contribution in [0.3, 0.4) is 0 Å². The molecule has 1 aliphatic heterocycles. The largest absolute Gasteiger partial charge is 0.339 e. The van der Waals surface area contributed by atoms with Crippen molar-refractivity contribution >= 4 is 24.2 Å². The molecule has 0 aromatic rings. The number of hydrogen-bond donors (Lipinski definition) is 1. The Kier molecular flexibility index (Phi) is 6.94. The van der Waals surface area contributed by atoms with Crippen LogP contribution < -0.4 is 5.32 Å². The minimum Gasteiger partial charge on any atom is -0.339 e. The van der Waals surface area contributed by atoms with Gasteiger partial charge in [-0.2, -0.15) is 0 Å². The molecule has 1 N–H and O–H groups in total. The number of halogens is 1. The van der Waals surface area contributed by atoms with E-state index in [9.17, 15) is 9.59 Å². The minimum absolute atomic E-state index is 0. The third kappa shape index (κ3) is 4.10. The first kappa shape index (κ1) is 18.2. The van der Waals surface area contributed by atoms with Crippen molar-refractivity contribution < 1.29 is 9.59 Å². The Labute approximate surface area is 133 Å². The number of hydrogen-bond acceptors (Lipinski definition) is 3. The number of likely N-dealkylation sites (N-methyl/N-ethyl adjacent to an activating group) is 1. The summed E-state index contributed by atoms with van der Waals surface area (Å²) in [6.45, 7) is 5.51. The molecule has 0 bridgehead atoms. The molecule has 2 rings (SSSR count). The standard InChI is InChI=1S/C15H27N3O2.ClH/c1-3-15(6-4-5-7-15)14(20)17(2)12-13(19)18-10-8-16-9-11-18;/h16H,3-12H2,1-2H3;1H. The maximum Gasteiger partial charge on any atom is 0.242 e. The summed E-state index contributed by atoms with van der Waals surface area (Å²) >= 11 is 0. The molecule has 1 saturated carbocycles. The summed E-state index contributed by atoms with van der Waals surface area (Å²) in [5, 5.41) is 3.23. The first-order chi connectivity index (χ1) is 9.59. The van der Waals surface area contributed by atoms with Crippen LogP contribution in [0, 0.1) is 5.41 Å². The quantitative estimate of drug-likeness (QED) is 0.849. The third-order valence-electron chi connectivity index (χ3n) is 4.88. The van der Waals surface area contributed by atoms with Crippen LogP contribution in [0.25, 0.3) is 0 Å². The molecule has 6 heteroatoms. The highest BCUT2D eigenvalue weighted by molar-refractivity contribution is 5.88. The molecule has 21 heavy (non-hydrogen) atoms. The lowest BCUT2D eigenvalue weighted by Gasteiger charge is -2.33. The highest BCUT2D eigenvalue weighted by atomic mass is 35.5. The summed E-state index contributed by atoms with van der Waals surface area (Å²) in [5.41, 5.74) is -0.196. The van der Waals surface area contributed by atoms with Gasteiger partial charge in [0.15, 0.2) is 0 Å². The van der Waals surface area contributed by atoms with E-state index < -0.39 is 0 Å². The van der Waals surface area contributed by atoms with E-state index in [2.05, 4.69) is 12.2 Å². The minimum atomic E-state index is -0.196. The average Bonchev–Trinajstić information content (AvgIpc) is 2.97. The fourth-order valence-corrected chi connectivity index (χ4v) is 3.46. The second kappa shape index (κ2) is 7.99. The van der Waals surface area contributed by atoms with Gasteiger partial charge < -0.3 is 15.1 Å². The van der Waals surface area contributed by atoms with Gasteiger partial charge in [0.2, 0.25) is 11.8 Å². The SMILES string of the molecule is CCC1(C(=O)N(C)CC(=O)N2CCNCC2)CCCC1.Cl. The van der Waals surface area contributed by atoms with E-state index in [0.29, 0.717) is 0 Å². The van der Waals surface area contributed by atoms with Crippen molar-refractivity contribution in [3.05, 3.63) is 0 Å². The number of nitrogens with one attached hydrogen (secondary N) is 1. The highest BCUT2D eigenvalue weighted by Gasteiger charge is 2.41. The summed E-state index contributed by atoms with van der Waals surface area (Å²) in [4.78, 5) is 28.4. The van der Waals surface area contributed by atoms with Crippen LogP contribution in [0.2, 0.25) is 0 Å². The van der Waals surface area contributed by atoms with Gasteiger partial charge in [-0.25, -0.2) is 0 Å². The fourth-order valence-electron chi connectivity index (χ4n) is 3.46. The number of carbonyl (C=O) groups excluding carboxylic acids is 2. The predicted molar refractivity (Wildman–Crippen MR) is 85.5 cm³/mol. The second-order valence-corrected chi connectivity index (χ2v) is 6.13. The Hall–Kier alpha value is -0.810. The van der Waals surface area contributed by atoms with Gasteiger partial charge in [0.1, 0.15) is 0 Å². The summed E-state index contributed by atoms with van der Waals surface area (Å²) in [7, 11) is 1.78. The Balaban J connectivity index is 0.00000220. The van der Waals surface area contributed by atoms with Gasteiger partial charge in [-0.3, -0.25) is 9.59 Å². The third-order valence-corrected chi connectivity index (χ3v) is 4.88. The lowest BCUT2D eigenvalue weighted by atomic mass is 9.82. The highest BCUT2D eigenvalue weighted by Crippen LogP contribution is 2.42. The van der Waals surface area contributed by atoms with Gasteiger partial charge in [-0.15, -0.1) is 12.4 Å². The first-order valence-electron chi connectivity index (χ1n) is 7.83. The number of amides is 2. The summed E-state index contributed by atoms with van der Waals surface area (Å²) in [5.74, 6) is 0.243. The average molecular weight is 318 g/mol. The van der Waals surface area contributed by atoms with Crippen molar-refractivity contribution in [2.75, 3.05) is 39.8 Å². The van der Waals surface area contributed by atoms with Crippen molar-refractivity contribution in [2.45, 2.75) is 39.0 Å². The van der Waals surface area contributed by atoms with E-state index in [1.54, 1.807) is 11.9 Å². The first-order valence-corrected chi connectivity index (χ1v) is 7.83. The van der Waals surface area contributed by atoms with Gasteiger partial charge in [-0.05, 0) is 19.3 Å². The molecule has 0 unspecified atom stereocenters. The monoisotopic (exact) mass is 317 g/mol. The van der Waals surface area contributed by atoms with Crippen LogP contribution in [0.15, 0.2) is 0 Å². The molecule has 1 heterocycles. The molecule has 0 aromatic heterocycles. The van der Waals surface area contributed by atoms with Crippen LogP contribution in [0.4, 0.5) is 0 Å². The van der Waals surface area contributed by atoms with Gasteiger partial charge >= 0.3 is 0 Å². The summed E-state index contributed by atoms with van der Waals surface area (Å²) in [6.07, 6.45) is 5.12. The van der Waals surface area contributed by atoms with E-state index in [0.717, 1.165) is 58.3 Å². The number of rotatable bonds is 4. The maximum absolute atomic E-state index is 12.7. The van der Waals surface area contributed by atoms with E-state index >= 15 is 0 Å². The Bertz CT molecular complexity index is 364. The van der Waals surface area contributed by atoms with Gasteiger partial charge in [0, 0.05) is 38.6 Å². The van der Waals surface area contributed by atoms with E-state index in [-0.39, 0.29) is 36.2 Å². The summed E-state index contributed by atoms with van der Waals surface area (Å²) < 4.78 is 0. The molecule has 2 aliphatic rings. The van der Waals surface area contributed by atoms with E-state index in [1.807, 2.05) is 4.90 Å². The van der Waals surface area contributed by atoms with E-state index in [1.165, 1.54) is 0 Å². The van der Waals surface area contributed by atoms with Crippen LogP contribution in [0.1, 0.15) is 39.0 Å². The van der Waals surface area contributed by atoms with E-state index in [4.69, 9.17) is 0 Å². The zero-order chi connectivity index (χ0) is 14.6. The van der Waals surface area contributed by atoms with Crippen molar-refractivity contribution in [2.24, 2.45) is 5.41 Å². The number of nitrogens with zero attached hydrogens (tertiary/aromatic N) is 2. The van der Waals surface area contributed by atoms with Crippen molar-refractivity contribution in [1.82, 2.24) is 15.1 Å². The molecule has 0 atom stereocenters. The van der Waals surface area contributed by atoms with Crippen LogP contribution >= 0.6 is 12.4 Å². The number of carbonyl (C=O) groups is 2. The lowest BCUT2D eigenvalue weighted by Crippen LogP contribution is -2.51. The smallest absolute Gasteiger partial charge is 0.242 e. The molecular weight excluding hydrogens is 290 g/mol. The van der Waals surface area contributed by atoms with Crippen LogP contribution in [0.5, 0.6) is 0 Å². The zero-order valence-electron chi connectivity index (χ0n) is 13.2. The molecule has 5 nitrogen and oxygen atoms in total. The van der Waals surface area contributed by atoms with Crippen molar-refractivity contribution in [3.8, 4) is 0 Å². The molecular formula is C15H28ClN3O2. The Morgan fingerprint density at radius 2 is 1.76 bits per heavy atom. The molecule has 2 amide bonds. The maximum atomic E-state index is 12.7. The molecule has 0 radical (unpaired) electrons. The zero-order valence-corrected chi connectivity index (χ0v) is 14.0. The topological polar surface area (TPSA) is 52.7 Å². The number of piperazine rings is 1. The van der Waals surface area contributed by atoms with Gasteiger partial charge in [-0.1, -0.05) is 19.8 Å². The Morgan fingerprint density at radius 3 is 2.29 bits per heavy atom.